The maximum atomic E-state index is 12.1. The molecule has 1 aliphatic heterocycles. The number of fused-ring (bicyclic) bond motifs is 1. The van der Waals surface area contributed by atoms with Gasteiger partial charge < -0.3 is 0 Å². The fraction of sp³-hybridized carbons (Fsp3) is 0.267. The summed E-state index contributed by atoms with van der Waals surface area (Å²) in [6.45, 7) is 2.11. The highest BCUT2D eigenvalue weighted by molar-refractivity contribution is 8.01. The van der Waals surface area contributed by atoms with Gasteiger partial charge in [-0.05, 0) is 30.5 Å². The van der Waals surface area contributed by atoms with Gasteiger partial charge in [0.1, 0.15) is 0 Å². The number of amides is 2. The second-order valence-electron chi connectivity index (χ2n) is 4.75. The lowest BCUT2D eigenvalue weighted by Crippen LogP contribution is -2.20. The number of nitrogens with zero attached hydrogens (tertiary/aromatic N) is 1. The molecule has 1 aromatic carbocycles. The Morgan fingerprint density at radius 2 is 2.14 bits per heavy atom. The third kappa shape index (κ3) is 2.73. The van der Waals surface area contributed by atoms with E-state index in [0.717, 1.165) is 34.1 Å². The Balaban J connectivity index is 2.05. The number of nitrogens with one attached hydrogen (secondary N) is 1. The van der Waals surface area contributed by atoms with Gasteiger partial charge >= 0.3 is 0 Å². The number of unbranched alkanes of at least 4 members (excludes halogenated alkanes) is 1. The third-order valence-corrected chi connectivity index (χ3v) is 5.34. The van der Waals surface area contributed by atoms with Gasteiger partial charge in [-0.25, -0.2) is 4.98 Å². The predicted molar refractivity (Wildman–Crippen MR) is 83.1 cm³/mol. The fourth-order valence-corrected chi connectivity index (χ4v) is 4.12. The van der Waals surface area contributed by atoms with Crippen LogP contribution in [0.25, 0.3) is 0 Å². The van der Waals surface area contributed by atoms with Crippen LogP contribution >= 0.6 is 23.1 Å². The van der Waals surface area contributed by atoms with E-state index in [1.807, 2.05) is 11.4 Å². The van der Waals surface area contributed by atoms with Crippen molar-refractivity contribution in [1.29, 1.82) is 0 Å². The fourth-order valence-electron chi connectivity index (χ4n) is 2.36. The van der Waals surface area contributed by atoms with Crippen LogP contribution in [0, 0.1) is 0 Å². The zero-order valence-corrected chi connectivity index (χ0v) is 13.1. The molecular weight excluding hydrogens is 304 g/mol. The lowest BCUT2D eigenvalue weighted by molar-refractivity contribution is 0.0879. The minimum atomic E-state index is -0.293. The van der Waals surface area contributed by atoms with Gasteiger partial charge in [-0.1, -0.05) is 25.1 Å². The van der Waals surface area contributed by atoms with Crippen LogP contribution in [0.2, 0.25) is 0 Å². The maximum absolute atomic E-state index is 12.1. The summed E-state index contributed by atoms with van der Waals surface area (Å²) in [5.74, 6) is -0.568. The molecule has 4 nitrogen and oxygen atoms in total. The molecule has 0 atom stereocenters. The van der Waals surface area contributed by atoms with E-state index in [1.54, 1.807) is 35.4 Å². The first-order valence-corrected chi connectivity index (χ1v) is 8.49. The van der Waals surface area contributed by atoms with Crippen LogP contribution in [-0.2, 0) is 6.42 Å². The monoisotopic (exact) mass is 318 g/mol. The van der Waals surface area contributed by atoms with Crippen LogP contribution in [-0.4, -0.2) is 16.8 Å². The summed E-state index contributed by atoms with van der Waals surface area (Å²) in [6.07, 6.45) is 4.60. The second kappa shape index (κ2) is 5.99. The number of rotatable bonds is 5. The van der Waals surface area contributed by atoms with Crippen molar-refractivity contribution in [2.24, 2.45) is 0 Å². The molecule has 3 rings (SSSR count). The number of hydrogen-bond donors (Lipinski definition) is 1. The van der Waals surface area contributed by atoms with Crippen LogP contribution in [0.15, 0.2) is 32.9 Å². The lowest BCUT2D eigenvalue weighted by Gasteiger charge is -2.11. The van der Waals surface area contributed by atoms with Crippen molar-refractivity contribution in [3.63, 3.8) is 0 Å². The zero-order valence-electron chi connectivity index (χ0n) is 11.5. The largest absolute Gasteiger partial charge is 0.288 e. The molecule has 2 amide bonds. The topological polar surface area (TPSA) is 59.1 Å². The maximum Gasteiger partial charge on any atom is 0.259 e. The number of carbonyl (C=O) groups is 2. The Bertz CT molecular complexity index is 696. The average molecular weight is 318 g/mol. The highest BCUT2D eigenvalue weighted by atomic mass is 32.2. The van der Waals surface area contributed by atoms with Gasteiger partial charge in [0.05, 0.1) is 11.1 Å². The van der Waals surface area contributed by atoms with Gasteiger partial charge in [0, 0.05) is 16.5 Å². The molecule has 0 radical (unpaired) electrons. The molecule has 0 saturated carbocycles. The first kappa shape index (κ1) is 14.3. The molecule has 1 aliphatic rings. The summed E-state index contributed by atoms with van der Waals surface area (Å²) in [4.78, 5) is 29.1. The van der Waals surface area contributed by atoms with Gasteiger partial charge in [-0.2, -0.15) is 0 Å². The van der Waals surface area contributed by atoms with Crippen molar-refractivity contribution in [2.75, 3.05) is 0 Å². The molecule has 0 spiro atoms. The number of aromatic nitrogens is 1. The summed E-state index contributed by atoms with van der Waals surface area (Å²) >= 11 is 3.13. The second-order valence-corrected chi connectivity index (χ2v) is 6.94. The summed E-state index contributed by atoms with van der Waals surface area (Å²) in [5.41, 5.74) is 2.02. The molecular formula is C15H14N2O2S2. The number of imide groups is 1. The Labute approximate surface area is 131 Å². The van der Waals surface area contributed by atoms with E-state index in [2.05, 4.69) is 17.2 Å². The van der Waals surface area contributed by atoms with Crippen molar-refractivity contribution >= 4 is 34.9 Å². The van der Waals surface area contributed by atoms with E-state index in [0.29, 0.717) is 11.1 Å². The Kier molecular flexibility index (Phi) is 4.07. The molecule has 0 unspecified atom stereocenters. The van der Waals surface area contributed by atoms with E-state index >= 15 is 0 Å². The number of hydrogen-bond acceptors (Lipinski definition) is 5. The van der Waals surface area contributed by atoms with Gasteiger partial charge in [-0.15, -0.1) is 11.3 Å². The van der Waals surface area contributed by atoms with Crippen LogP contribution in [0.3, 0.4) is 0 Å². The van der Waals surface area contributed by atoms with Crippen LogP contribution in [0.1, 0.15) is 46.0 Å². The van der Waals surface area contributed by atoms with Gasteiger partial charge in [0.25, 0.3) is 11.8 Å². The number of benzene rings is 1. The highest BCUT2D eigenvalue weighted by Crippen LogP contribution is 2.36. The smallest absolute Gasteiger partial charge is 0.259 e. The van der Waals surface area contributed by atoms with Gasteiger partial charge in [0.2, 0.25) is 0 Å². The predicted octanol–water partition coefficient (Wildman–Crippen LogP) is 3.52. The van der Waals surface area contributed by atoms with Crippen molar-refractivity contribution in [3.8, 4) is 0 Å². The third-order valence-electron chi connectivity index (χ3n) is 3.36. The van der Waals surface area contributed by atoms with E-state index in [-0.39, 0.29) is 11.8 Å². The molecule has 1 N–H and O–H groups in total. The average Bonchev–Trinajstić information content (AvgIpc) is 3.07. The zero-order chi connectivity index (χ0) is 14.8. The Morgan fingerprint density at radius 3 is 2.86 bits per heavy atom. The van der Waals surface area contributed by atoms with Crippen molar-refractivity contribution in [3.05, 3.63) is 40.4 Å². The molecule has 2 aromatic rings. The SMILES string of the molecule is CCCCc1c(Sc2nccs2)ccc2c1C(=O)NC2=O. The van der Waals surface area contributed by atoms with Crippen molar-refractivity contribution < 1.29 is 9.59 Å². The van der Waals surface area contributed by atoms with Crippen LogP contribution in [0.5, 0.6) is 0 Å². The van der Waals surface area contributed by atoms with E-state index in [9.17, 15) is 9.59 Å². The Morgan fingerprint density at radius 1 is 1.29 bits per heavy atom. The Hall–Kier alpha value is -1.66. The van der Waals surface area contributed by atoms with E-state index in [4.69, 9.17) is 0 Å². The normalized spacial score (nSPS) is 13.4. The lowest BCUT2D eigenvalue weighted by atomic mass is 9.98. The van der Waals surface area contributed by atoms with Crippen molar-refractivity contribution in [1.82, 2.24) is 10.3 Å². The molecule has 0 bridgehead atoms. The van der Waals surface area contributed by atoms with Gasteiger partial charge in [-0.3, -0.25) is 14.9 Å². The molecule has 6 heteroatoms. The molecule has 1 aromatic heterocycles. The molecule has 0 aliphatic carbocycles. The molecule has 108 valence electrons. The summed E-state index contributed by atoms with van der Waals surface area (Å²) in [7, 11) is 0. The minimum absolute atomic E-state index is 0.275. The summed E-state index contributed by atoms with van der Waals surface area (Å²) in [5, 5.41) is 4.31. The molecule has 2 heterocycles. The quantitative estimate of drug-likeness (QED) is 0.857. The van der Waals surface area contributed by atoms with E-state index in [1.165, 1.54) is 0 Å². The van der Waals surface area contributed by atoms with Gasteiger partial charge in [0.15, 0.2) is 4.34 Å². The minimum Gasteiger partial charge on any atom is -0.288 e. The molecule has 0 fully saturated rings. The summed E-state index contributed by atoms with van der Waals surface area (Å²) < 4.78 is 0.942. The standard InChI is InChI=1S/C15H14N2O2S2/c1-2-3-4-9-11(21-15-16-7-8-20-15)6-5-10-12(9)14(19)17-13(10)18/h5-8H,2-4H2,1H3,(H,17,18,19). The molecule has 21 heavy (non-hydrogen) atoms. The van der Waals surface area contributed by atoms with Crippen LogP contribution < -0.4 is 5.32 Å². The van der Waals surface area contributed by atoms with Crippen LogP contribution in [0.4, 0.5) is 0 Å². The number of carbonyl (C=O) groups excluding carboxylic acids is 2. The highest BCUT2D eigenvalue weighted by Gasteiger charge is 2.30. The summed E-state index contributed by atoms with van der Waals surface area (Å²) in [6, 6.07) is 3.66. The van der Waals surface area contributed by atoms with E-state index < -0.39 is 0 Å². The molecule has 0 saturated heterocycles. The first-order chi connectivity index (χ1) is 10.2. The number of thiazole rings is 1. The first-order valence-electron chi connectivity index (χ1n) is 6.79. The van der Waals surface area contributed by atoms with Crippen molar-refractivity contribution in [2.45, 2.75) is 35.4 Å².